The SMILES string of the molecule is COc1ccc(C2=C(CC3CC3)N=[N+]3C=NC(c4cccc(C(F)(F)F)c4)=CC23)cc1O. The van der Waals surface area contributed by atoms with Gasteiger partial charge in [0.05, 0.1) is 18.4 Å². The summed E-state index contributed by atoms with van der Waals surface area (Å²) in [5.41, 5.74) is 2.76. The summed E-state index contributed by atoms with van der Waals surface area (Å²) in [4.78, 5) is 4.37. The van der Waals surface area contributed by atoms with Crippen molar-refractivity contribution in [1.29, 1.82) is 0 Å². The minimum absolute atomic E-state index is 0.0216. The van der Waals surface area contributed by atoms with Gasteiger partial charge in [0.15, 0.2) is 23.2 Å². The van der Waals surface area contributed by atoms with Crippen molar-refractivity contribution in [2.45, 2.75) is 31.5 Å². The Labute approximate surface area is 182 Å². The van der Waals surface area contributed by atoms with E-state index in [0.29, 0.717) is 22.9 Å². The molecule has 2 aliphatic heterocycles. The average molecular weight is 440 g/mol. The second kappa shape index (κ2) is 7.62. The van der Waals surface area contributed by atoms with Gasteiger partial charge in [-0.1, -0.05) is 23.3 Å². The van der Waals surface area contributed by atoms with Gasteiger partial charge in [0, 0.05) is 17.2 Å². The molecule has 1 saturated carbocycles. The van der Waals surface area contributed by atoms with Gasteiger partial charge < -0.3 is 9.84 Å². The second-order valence-electron chi connectivity index (χ2n) is 8.19. The highest BCUT2D eigenvalue weighted by Gasteiger charge is 2.38. The van der Waals surface area contributed by atoms with Crippen molar-refractivity contribution in [3.8, 4) is 11.5 Å². The fourth-order valence-electron chi connectivity index (χ4n) is 4.10. The van der Waals surface area contributed by atoms with Crippen molar-refractivity contribution in [2.24, 2.45) is 16.0 Å². The maximum Gasteiger partial charge on any atom is 0.416 e. The molecule has 8 heteroatoms. The summed E-state index contributed by atoms with van der Waals surface area (Å²) in [7, 11) is 1.49. The predicted octanol–water partition coefficient (Wildman–Crippen LogP) is 5.86. The number of fused-ring (bicyclic) bond motifs is 1. The van der Waals surface area contributed by atoms with Gasteiger partial charge in [0.25, 0.3) is 0 Å². The van der Waals surface area contributed by atoms with E-state index >= 15 is 0 Å². The molecule has 1 aliphatic carbocycles. The van der Waals surface area contributed by atoms with Gasteiger partial charge in [-0.05, 0) is 60.0 Å². The molecule has 1 fully saturated rings. The van der Waals surface area contributed by atoms with E-state index in [4.69, 9.17) is 9.85 Å². The van der Waals surface area contributed by atoms with Crippen LogP contribution in [-0.2, 0) is 6.18 Å². The fourth-order valence-corrected chi connectivity index (χ4v) is 4.10. The molecule has 3 aliphatic rings. The molecular formula is C24H21F3N3O2+. The number of rotatable bonds is 5. The van der Waals surface area contributed by atoms with E-state index in [9.17, 15) is 18.3 Å². The lowest BCUT2D eigenvalue weighted by Gasteiger charge is -2.14. The molecule has 0 spiro atoms. The Balaban J connectivity index is 1.56. The van der Waals surface area contributed by atoms with E-state index in [1.54, 1.807) is 29.2 Å². The number of alkyl halides is 3. The Bertz CT molecular complexity index is 1210. The molecule has 0 aromatic heterocycles. The molecule has 0 radical (unpaired) electrons. The predicted molar refractivity (Wildman–Crippen MR) is 113 cm³/mol. The van der Waals surface area contributed by atoms with Crippen LogP contribution in [0, 0.1) is 5.92 Å². The first-order valence-corrected chi connectivity index (χ1v) is 10.4. The number of allylic oxidation sites excluding steroid dienone is 1. The molecule has 0 bridgehead atoms. The number of aliphatic imine (C=N–C) groups is 1. The first kappa shape index (κ1) is 20.5. The van der Waals surface area contributed by atoms with E-state index in [0.717, 1.165) is 48.2 Å². The molecule has 1 atom stereocenters. The molecule has 1 N–H and O–H groups in total. The Morgan fingerprint density at radius 3 is 2.62 bits per heavy atom. The van der Waals surface area contributed by atoms with E-state index in [-0.39, 0.29) is 11.8 Å². The monoisotopic (exact) mass is 440 g/mol. The van der Waals surface area contributed by atoms with Gasteiger partial charge in [0.1, 0.15) is 0 Å². The molecule has 0 amide bonds. The molecule has 5 rings (SSSR count). The minimum atomic E-state index is -4.42. The van der Waals surface area contributed by atoms with Crippen molar-refractivity contribution < 1.29 is 27.7 Å². The maximum atomic E-state index is 13.2. The van der Waals surface area contributed by atoms with Crippen molar-refractivity contribution in [3.63, 3.8) is 0 Å². The lowest BCUT2D eigenvalue weighted by molar-refractivity contribution is -0.478. The molecule has 164 valence electrons. The lowest BCUT2D eigenvalue weighted by Crippen LogP contribution is -2.23. The smallest absolute Gasteiger partial charge is 0.416 e. The number of azo groups is 2. The number of phenols is 1. The highest BCUT2D eigenvalue weighted by Crippen LogP contribution is 2.44. The Hall–Kier alpha value is -3.42. The quantitative estimate of drug-likeness (QED) is 0.592. The zero-order chi connectivity index (χ0) is 22.5. The van der Waals surface area contributed by atoms with Crippen LogP contribution in [0.25, 0.3) is 11.3 Å². The summed E-state index contributed by atoms with van der Waals surface area (Å²) in [5, 5.41) is 15.1. The zero-order valence-electron chi connectivity index (χ0n) is 17.3. The molecule has 1 unspecified atom stereocenters. The molecular weight excluding hydrogens is 419 g/mol. The van der Waals surface area contributed by atoms with Crippen LogP contribution in [0.4, 0.5) is 13.2 Å². The van der Waals surface area contributed by atoms with Crippen LogP contribution in [0.3, 0.4) is 0 Å². The van der Waals surface area contributed by atoms with Crippen LogP contribution in [0.2, 0.25) is 0 Å². The normalized spacial score (nSPS) is 20.2. The second-order valence-corrected chi connectivity index (χ2v) is 8.19. The highest BCUT2D eigenvalue weighted by molar-refractivity contribution is 5.82. The zero-order valence-corrected chi connectivity index (χ0v) is 17.3. The molecule has 2 aromatic rings. The van der Waals surface area contributed by atoms with Crippen molar-refractivity contribution in [1.82, 2.24) is 0 Å². The van der Waals surface area contributed by atoms with Crippen LogP contribution < -0.4 is 4.74 Å². The Kier molecular flexibility index (Phi) is 4.87. The van der Waals surface area contributed by atoms with Crippen molar-refractivity contribution in [2.75, 3.05) is 7.11 Å². The van der Waals surface area contributed by atoms with Crippen LogP contribution in [0.5, 0.6) is 11.5 Å². The van der Waals surface area contributed by atoms with E-state index < -0.39 is 11.7 Å². The lowest BCUT2D eigenvalue weighted by atomic mass is 9.93. The first-order chi connectivity index (χ1) is 15.3. The third-order valence-electron chi connectivity index (χ3n) is 5.91. The molecule has 5 nitrogen and oxygen atoms in total. The number of ether oxygens (including phenoxy) is 1. The van der Waals surface area contributed by atoms with Crippen LogP contribution in [0.15, 0.2) is 64.3 Å². The van der Waals surface area contributed by atoms with E-state index in [1.165, 1.54) is 13.2 Å². The maximum absolute atomic E-state index is 13.2. The Morgan fingerprint density at radius 1 is 1.12 bits per heavy atom. The van der Waals surface area contributed by atoms with E-state index in [2.05, 4.69) is 4.99 Å². The molecule has 2 heterocycles. The summed E-state index contributed by atoms with van der Waals surface area (Å²) in [6.07, 6.45) is 2.09. The number of halogens is 3. The standard InChI is InChI=1S/C24H20F3N3O2/c1-32-22-8-7-16(11-21(22)31)23-19(9-14-5-6-14)29-30-13-28-18(12-20(23)30)15-3-2-4-17(10-15)24(25,26)27/h2-4,7-8,10-14,20H,5-6,9H2,1H3/p+1. The summed E-state index contributed by atoms with van der Waals surface area (Å²) in [5.74, 6) is 0.976. The van der Waals surface area contributed by atoms with Crippen LogP contribution >= 0.6 is 0 Å². The van der Waals surface area contributed by atoms with Crippen LogP contribution in [0.1, 0.15) is 36.0 Å². The van der Waals surface area contributed by atoms with E-state index in [1.807, 2.05) is 12.1 Å². The topological polar surface area (TPSA) is 57.2 Å². The first-order valence-electron chi connectivity index (χ1n) is 10.4. The van der Waals surface area contributed by atoms with Gasteiger partial charge in [-0.25, -0.2) is 0 Å². The number of benzene rings is 2. The van der Waals surface area contributed by atoms with Gasteiger partial charge in [-0.3, -0.25) is 0 Å². The number of nitrogens with zero attached hydrogens (tertiary/aromatic N) is 3. The summed E-state index contributed by atoms with van der Waals surface area (Å²) >= 11 is 0. The summed E-state index contributed by atoms with van der Waals surface area (Å²) < 4.78 is 46.5. The average Bonchev–Trinajstić information content (AvgIpc) is 3.51. The Morgan fingerprint density at radius 2 is 1.94 bits per heavy atom. The van der Waals surface area contributed by atoms with Crippen molar-refractivity contribution >= 4 is 17.6 Å². The number of hydrogen-bond donors (Lipinski definition) is 1. The number of hydrogen-bond acceptors (Lipinski definition) is 4. The molecule has 0 saturated heterocycles. The molecule has 32 heavy (non-hydrogen) atoms. The third kappa shape index (κ3) is 3.81. The van der Waals surface area contributed by atoms with Crippen LogP contribution in [-0.4, -0.2) is 29.3 Å². The van der Waals surface area contributed by atoms with Crippen molar-refractivity contribution in [3.05, 3.63) is 70.9 Å². The largest absolute Gasteiger partial charge is 0.504 e. The summed E-state index contributed by atoms with van der Waals surface area (Å²) in [6.45, 7) is 0. The number of aromatic hydroxyl groups is 1. The third-order valence-corrected chi connectivity index (χ3v) is 5.91. The number of phenolic OH excluding ortho intramolecular Hbond substituents is 1. The molecule has 2 aromatic carbocycles. The summed E-state index contributed by atoms with van der Waals surface area (Å²) in [6, 6.07) is 10.0. The highest BCUT2D eigenvalue weighted by atomic mass is 19.4. The minimum Gasteiger partial charge on any atom is -0.504 e. The van der Waals surface area contributed by atoms with Gasteiger partial charge in [-0.2, -0.15) is 13.2 Å². The number of methoxy groups -OCH3 is 1. The van der Waals surface area contributed by atoms with Gasteiger partial charge in [-0.15, -0.1) is 4.70 Å². The van der Waals surface area contributed by atoms with Gasteiger partial charge in [0.2, 0.25) is 0 Å². The van der Waals surface area contributed by atoms with Gasteiger partial charge >= 0.3 is 12.5 Å². The fraction of sp³-hybridized carbons (Fsp3) is 0.292.